The maximum Gasteiger partial charge on any atom is 1.00 e. The van der Waals surface area contributed by atoms with Gasteiger partial charge in [-0.2, -0.15) is 8.75 Å². The standard InChI is InChI=1S/C9H15N3O3S.C8H13N3O3S.C4H8O.CH4.Li.2H2O/c1-4-6(9(13)14-3)10-7-8(15-5-2)12-16-11-7;1-3-5(8(12)13)9-6-7(14-4-2)11-15-10-6;1-2-4-5-3-1;;;;/h6H,4-5H2,1-3H3,(H,10,11);5H,3-4H2,1-2H3,(H,9,10)(H,12,13);1-4H2;1H4;;2*1H2/q;;;;+1;;/p-1. The number of carboxylic acid groups (broad SMARTS) is 1. The first kappa shape index (κ1) is 44.7. The third-order valence-corrected chi connectivity index (χ3v) is 5.55. The van der Waals surface area contributed by atoms with E-state index in [-0.39, 0.29) is 43.2 Å². The summed E-state index contributed by atoms with van der Waals surface area (Å²) in [5.41, 5.74) is 0. The van der Waals surface area contributed by atoms with Crippen molar-refractivity contribution in [1.29, 1.82) is 0 Å². The summed E-state index contributed by atoms with van der Waals surface area (Å²) in [4.78, 5) is 22.1. The van der Waals surface area contributed by atoms with Crippen LogP contribution in [0.3, 0.4) is 0 Å². The van der Waals surface area contributed by atoms with Crippen LogP contribution in [0.1, 0.15) is 60.8 Å². The van der Waals surface area contributed by atoms with Gasteiger partial charge in [-0.15, -0.1) is 8.75 Å². The minimum Gasteiger partial charge on any atom is -0.870 e. The third kappa shape index (κ3) is 16.8. The summed E-state index contributed by atoms with van der Waals surface area (Å²) in [6, 6.07) is -1.08. The molecular formula is C22H43LiN6O9S2. The van der Waals surface area contributed by atoms with Gasteiger partial charge in [0.15, 0.2) is 0 Å². The Morgan fingerprint density at radius 1 is 0.900 bits per heavy atom. The van der Waals surface area contributed by atoms with E-state index in [0.29, 0.717) is 49.5 Å². The van der Waals surface area contributed by atoms with Gasteiger partial charge in [0.05, 0.1) is 43.8 Å². The number of nitrogens with one attached hydrogen (secondary N) is 2. The largest absolute Gasteiger partial charge is 1.00 e. The van der Waals surface area contributed by atoms with Gasteiger partial charge in [-0.3, -0.25) is 0 Å². The summed E-state index contributed by atoms with van der Waals surface area (Å²) in [7, 11) is 1.36. The van der Waals surface area contributed by atoms with E-state index in [1.165, 1.54) is 20.0 Å². The molecule has 228 valence electrons. The Kier molecular flexibility index (Phi) is 30.1. The van der Waals surface area contributed by atoms with E-state index >= 15 is 0 Å². The number of ether oxygens (including phenoxy) is 4. The second-order valence-electron chi connectivity index (χ2n) is 7.09. The molecule has 1 aliphatic heterocycles. The van der Waals surface area contributed by atoms with Gasteiger partial charge in [0.1, 0.15) is 12.1 Å². The number of rotatable bonds is 12. The van der Waals surface area contributed by atoms with Crippen molar-refractivity contribution < 1.29 is 63.5 Å². The number of aliphatic carboxylic acids is 1. The van der Waals surface area contributed by atoms with Gasteiger partial charge in [-0.1, -0.05) is 21.3 Å². The molecule has 0 radical (unpaired) electrons. The average Bonchev–Trinajstić information content (AvgIpc) is 3.66. The van der Waals surface area contributed by atoms with Gasteiger partial charge >= 0.3 is 30.8 Å². The predicted molar refractivity (Wildman–Crippen MR) is 150 cm³/mol. The Bertz CT molecular complexity index is 883. The van der Waals surface area contributed by atoms with E-state index in [1.807, 2.05) is 20.8 Å². The number of carbonyl (C=O) groups is 2. The van der Waals surface area contributed by atoms with Gasteiger partial charge < -0.3 is 45.6 Å². The van der Waals surface area contributed by atoms with Crippen LogP contribution in [0.15, 0.2) is 0 Å². The molecule has 3 rings (SSSR count). The van der Waals surface area contributed by atoms with E-state index in [4.69, 9.17) is 19.3 Å². The van der Waals surface area contributed by atoms with E-state index in [2.05, 4.69) is 32.9 Å². The van der Waals surface area contributed by atoms with E-state index < -0.39 is 18.1 Å². The molecule has 1 saturated heterocycles. The van der Waals surface area contributed by atoms with Gasteiger partial charge in [0.25, 0.3) is 11.8 Å². The minimum atomic E-state index is -0.909. The smallest absolute Gasteiger partial charge is 0.870 e. The quantitative estimate of drug-likeness (QED) is 0.212. The number of hydrogen-bond acceptors (Lipinski definition) is 15. The fourth-order valence-corrected chi connectivity index (χ4v) is 3.58. The first-order chi connectivity index (χ1) is 17.4. The molecule has 2 aromatic heterocycles. The predicted octanol–water partition coefficient (Wildman–Crippen LogP) is -0.0524. The molecule has 0 aliphatic carbocycles. The van der Waals surface area contributed by atoms with Crippen LogP contribution in [0.5, 0.6) is 11.8 Å². The van der Waals surface area contributed by atoms with Crippen LogP contribution < -0.4 is 39.0 Å². The summed E-state index contributed by atoms with van der Waals surface area (Å²) >= 11 is 2.03. The van der Waals surface area contributed by atoms with Gasteiger partial charge in [0.2, 0.25) is 11.6 Å². The van der Waals surface area contributed by atoms with Crippen LogP contribution in [0.2, 0.25) is 0 Å². The van der Waals surface area contributed by atoms with Crippen molar-refractivity contribution in [3.05, 3.63) is 0 Å². The monoisotopic (exact) mass is 606 g/mol. The molecule has 1 fully saturated rings. The number of carboxylic acids is 1. The SMILES string of the molecule is C.C1CCOC1.CCOc1nsnc1NC(CC)C(=O)O.CCOc1nsnc1NC(CC)C(=O)OC.O.[Li+].[OH-]. The molecule has 0 saturated carbocycles. The number of aromatic nitrogens is 4. The Hall–Kier alpha value is -2.26. The third-order valence-electron chi connectivity index (χ3n) is 4.53. The molecule has 2 unspecified atom stereocenters. The van der Waals surface area contributed by atoms with Crippen molar-refractivity contribution in [2.75, 3.05) is 44.2 Å². The molecule has 0 amide bonds. The van der Waals surface area contributed by atoms with Crippen molar-refractivity contribution in [2.24, 2.45) is 0 Å². The molecule has 2 atom stereocenters. The van der Waals surface area contributed by atoms with Crippen LogP contribution in [-0.4, -0.2) is 91.1 Å². The second-order valence-corrected chi connectivity index (χ2v) is 8.15. The van der Waals surface area contributed by atoms with Crippen LogP contribution >= 0.6 is 23.5 Å². The first-order valence-corrected chi connectivity index (χ1v) is 13.2. The van der Waals surface area contributed by atoms with Gasteiger partial charge in [-0.25, -0.2) is 9.59 Å². The summed E-state index contributed by atoms with van der Waals surface area (Å²) in [6.07, 6.45) is 3.63. The van der Waals surface area contributed by atoms with Gasteiger partial charge in [0, 0.05) is 13.2 Å². The van der Waals surface area contributed by atoms with Crippen molar-refractivity contribution in [1.82, 2.24) is 17.5 Å². The Morgan fingerprint density at radius 3 is 1.62 bits per heavy atom. The topological polar surface area (TPSA) is 228 Å². The average molecular weight is 607 g/mol. The molecular weight excluding hydrogens is 563 g/mol. The van der Waals surface area contributed by atoms with Crippen LogP contribution in [0.4, 0.5) is 11.6 Å². The number of carbonyl (C=O) groups excluding carboxylic acids is 1. The van der Waals surface area contributed by atoms with Crippen molar-refractivity contribution in [2.45, 2.75) is 72.9 Å². The maximum absolute atomic E-state index is 11.4. The van der Waals surface area contributed by atoms with E-state index in [0.717, 1.165) is 36.7 Å². The molecule has 15 nitrogen and oxygen atoms in total. The number of hydrogen-bond donors (Lipinski definition) is 3. The summed E-state index contributed by atoms with van der Waals surface area (Å²) in [5, 5.41) is 14.6. The summed E-state index contributed by atoms with van der Waals surface area (Å²) in [6.45, 7) is 10.3. The number of methoxy groups -OCH3 is 1. The Morgan fingerprint density at radius 2 is 1.32 bits per heavy atom. The fraction of sp³-hybridized carbons (Fsp3) is 0.727. The molecule has 0 aromatic carbocycles. The van der Waals surface area contributed by atoms with E-state index in [1.54, 1.807) is 6.92 Å². The van der Waals surface area contributed by atoms with Crippen LogP contribution in [0.25, 0.3) is 0 Å². The van der Waals surface area contributed by atoms with Crippen LogP contribution in [0, 0.1) is 0 Å². The summed E-state index contributed by atoms with van der Waals surface area (Å²) in [5.74, 6) is 0.447. The number of nitrogens with zero attached hydrogens (tertiary/aromatic N) is 4. The molecule has 3 heterocycles. The van der Waals surface area contributed by atoms with Crippen molar-refractivity contribution in [3.63, 3.8) is 0 Å². The van der Waals surface area contributed by atoms with Crippen molar-refractivity contribution >= 4 is 47.0 Å². The Balaban J connectivity index is -0.000000254. The fourth-order valence-electron chi connectivity index (χ4n) is 2.65. The van der Waals surface area contributed by atoms with Gasteiger partial charge in [-0.05, 0) is 39.5 Å². The van der Waals surface area contributed by atoms with Crippen LogP contribution in [-0.2, 0) is 19.1 Å². The number of esters is 1. The molecule has 6 N–H and O–H groups in total. The maximum atomic E-state index is 11.4. The molecule has 1 aliphatic rings. The number of anilines is 2. The molecule has 40 heavy (non-hydrogen) atoms. The van der Waals surface area contributed by atoms with Crippen molar-refractivity contribution in [3.8, 4) is 11.8 Å². The normalized spacial score (nSPS) is 12.3. The minimum absolute atomic E-state index is 0. The zero-order chi connectivity index (χ0) is 26.8. The molecule has 0 bridgehead atoms. The zero-order valence-electron chi connectivity index (χ0n) is 23.3. The second kappa shape index (κ2) is 26.9. The Labute approximate surface area is 256 Å². The summed E-state index contributed by atoms with van der Waals surface area (Å²) < 4.78 is 35.9. The van der Waals surface area contributed by atoms with E-state index in [9.17, 15) is 9.59 Å². The zero-order valence-corrected chi connectivity index (χ0v) is 24.9. The molecule has 0 spiro atoms. The molecule has 18 heteroatoms. The first-order valence-electron chi connectivity index (χ1n) is 11.7. The molecule has 2 aromatic rings.